The lowest BCUT2D eigenvalue weighted by molar-refractivity contribution is -0.127. The van der Waals surface area contributed by atoms with Gasteiger partial charge in [0.15, 0.2) is 11.6 Å². The summed E-state index contributed by atoms with van der Waals surface area (Å²) in [7, 11) is 1.42. The highest BCUT2D eigenvalue weighted by Gasteiger charge is 2.25. The fourth-order valence-corrected chi connectivity index (χ4v) is 3.53. The fraction of sp³-hybridized carbons (Fsp3) is 0.286. The van der Waals surface area contributed by atoms with Gasteiger partial charge in [-0.3, -0.25) is 4.79 Å². The molecule has 4 rings (SSSR count). The number of carbonyl (C=O) groups excluding carboxylic acids is 1. The lowest BCUT2D eigenvalue weighted by Crippen LogP contribution is -2.32. The van der Waals surface area contributed by atoms with Gasteiger partial charge in [-0.1, -0.05) is 30.3 Å². The first-order valence-electron chi connectivity index (χ1n) is 9.23. The normalized spacial score (nSPS) is 15.1. The maximum Gasteiger partial charge on any atom is 0.222 e. The summed E-state index contributed by atoms with van der Waals surface area (Å²) in [4.78, 5) is 22.5. The van der Waals surface area contributed by atoms with Crippen molar-refractivity contribution in [1.82, 2.24) is 14.9 Å². The summed E-state index contributed by atoms with van der Waals surface area (Å²) in [5, 5.41) is 4.10. The van der Waals surface area contributed by atoms with Gasteiger partial charge in [-0.25, -0.2) is 14.4 Å². The molecule has 1 atom stereocenters. The molecule has 0 bridgehead atoms. The average Bonchev–Trinajstić information content (AvgIpc) is 3.12. The number of fused-ring (bicyclic) bond motifs is 1. The van der Waals surface area contributed by atoms with Crippen LogP contribution in [0.15, 0.2) is 48.8 Å². The zero-order chi connectivity index (χ0) is 19.5. The highest BCUT2D eigenvalue weighted by molar-refractivity contribution is 5.90. The molecule has 1 fully saturated rings. The number of amides is 1. The molecule has 144 valence electrons. The highest BCUT2D eigenvalue weighted by atomic mass is 19.1. The Bertz CT molecular complexity index is 996. The van der Waals surface area contributed by atoms with Crippen molar-refractivity contribution in [3.05, 3.63) is 60.2 Å². The molecule has 2 heterocycles. The number of nitrogens with zero attached hydrogens (tertiary/aromatic N) is 3. The number of ether oxygens (including phenoxy) is 1. The number of rotatable bonds is 6. The van der Waals surface area contributed by atoms with Gasteiger partial charge in [-0.05, 0) is 18.1 Å². The molecule has 1 aromatic heterocycles. The van der Waals surface area contributed by atoms with Crippen molar-refractivity contribution in [1.29, 1.82) is 0 Å². The van der Waals surface area contributed by atoms with E-state index in [9.17, 15) is 9.18 Å². The third kappa shape index (κ3) is 3.60. The largest absolute Gasteiger partial charge is 0.494 e. The van der Waals surface area contributed by atoms with Crippen molar-refractivity contribution in [3.63, 3.8) is 0 Å². The van der Waals surface area contributed by atoms with Gasteiger partial charge >= 0.3 is 0 Å². The molecule has 0 spiro atoms. The zero-order valence-corrected chi connectivity index (χ0v) is 15.6. The number of methoxy groups -OCH3 is 1. The fourth-order valence-electron chi connectivity index (χ4n) is 3.53. The number of carbonyl (C=O) groups is 1. The summed E-state index contributed by atoms with van der Waals surface area (Å²) in [6.45, 7) is 1.29. The SMILES string of the molecule is COc1cc2c(NC(CN3CCCC3=O)c3ccccc3)ncnc2cc1F. The molecule has 1 N–H and O–H groups in total. The van der Waals surface area contributed by atoms with Crippen LogP contribution in [0.2, 0.25) is 0 Å². The minimum Gasteiger partial charge on any atom is -0.494 e. The monoisotopic (exact) mass is 380 g/mol. The zero-order valence-electron chi connectivity index (χ0n) is 15.6. The third-order valence-electron chi connectivity index (χ3n) is 5.00. The smallest absolute Gasteiger partial charge is 0.222 e. The van der Waals surface area contributed by atoms with Gasteiger partial charge in [0, 0.05) is 31.0 Å². The minimum absolute atomic E-state index is 0.135. The number of anilines is 1. The first-order chi connectivity index (χ1) is 13.7. The van der Waals surface area contributed by atoms with Crippen LogP contribution < -0.4 is 10.1 Å². The highest BCUT2D eigenvalue weighted by Crippen LogP contribution is 2.30. The predicted octanol–water partition coefficient (Wildman–Crippen LogP) is 3.55. The summed E-state index contributed by atoms with van der Waals surface area (Å²) in [5.41, 5.74) is 1.53. The lowest BCUT2D eigenvalue weighted by atomic mass is 10.1. The number of nitrogens with one attached hydrogen (secondary N) is 1. The molecule has 28 heavy (non-hydrogen) atoms. The van der Waals surface area contributed by atoms with Crippen molar-refractivity contribution in [2.75, 3.05) is 25.5 Å². The van der Waals surface area contributed by atoms with Crippen LogP contribution in [-0.2, 0) is 4.79 Å². The number of hydrogen-bond donors (Lipinski definition) is 1. The Morgan fingerprint density at radius 1 is 1.25 bits per heavy atom. The first-order valence-corrected chi connectivity index (χ1v) is 9.23. The van der Waals surface area contributed by atoms with Crippen LogP contribution >= 0.6 is 0 Å². The molecule has 1 saturated heterocycles. The van der Waals surface area contributed by atoms with E-state index in [4.69, 9.17) is 4.74 Å². The van der Waals surface area contributed by atoms with E-state index >= 15 is 0 Å². The Hall–Kier alpha value is -3.22. The summed E-state index contributed by atoms with van der Waals surface area (Å²) < 4.78 is 19.2. The summed E-state index contributed by atoms with van der Waals surface area (Å²) in [6, 6.07) is 12.7. The Morgan fingerprint density at radius 2 is 2.07 bits per heavy atom. The van der Waals surface area contributed by atoms with Crippen LogP contribution in [0.25, 0.3) is 10.9 Å². The first kappa shape index (κ1) is 18.2. The van der Waals surface area contributed by atoms with Crippen LogP contribution in [0.3, 0.4) is 0 Å². The summed E-state index contributed by atoms with van der Waals surface area (Å²) in [6.07, 6.45) is 2.88. The molecule has 2 aromatic carbocycles. The van der Waals surface area contributed by atoms with Crippen molar-refractivity contribution >= 4 is 22.6 Å². The Morgan fingerprint density at radius 3 is 2.79 bits per heavy atom. The van der Waals surface area contributed by atoms with E-state index < -0.39 is 5.82 Å². The van der Waals surface area contributed by atoms with E-state index in [2.05, 4.69) is 15.3 Å². The second-order valence-corrected chi connectivity index (χ2v) is 6.78. The van der Waals surface area contributed by atoms with E-state index in [0.717, 1.165) is 18.5 Å². The molecule has 1 aliphatic rings. The van der Waals surface area contributed by atoms with E-state index in [1.54, 1.807) is 6.07 Å². The van der Waals surface area contributed by atoms with Gasteiger partial charge in [-0.2, -0.15) is 0 Å². The number of likely N-dealkylation sites (tertiary alicyclic amines) is 1. The number of halogens is 1. The molecule has 0 saturated carbocycles. The molecular formula is C21H21FN4O2. The van der Waals surface area contributed by atoms with Crippen molar-refractivity contribution < 1.29 is 13.9 Å². The molecule has 6 nitrogen and oxygen atoms in total. The molecular weight excluding hydrogens is 359 g/mol. The second-order valence-electron chi connectivity index (χ2n) is 6.78. The molecule has 7 heteroatoms. The van der Waals surface area contributed by atoms with Crippen LogP contribution in [0, 0.1) is 5.82 Å². The van der Waals surface area contributed by atoms with Gasteiger partial charge in [0.2, 0.25) is 5.91 Å². The Balaban J connectivity index is 1.71. The number of benzene rings is 2. The minimum atomic E-state index is -0.470. The topological polar surface area (TPSA) is 67.3 Å². The van der Waals surface area contributed by atoms with E-state index in [0.29, 0.717) is 29.7 Å². The number of hydrogen-bond acceptors (Lipinski definition) is 5. The van der Waals surface area contributed by atoms with Crippen LogP contribution in [0.5, 0.6) is 5.75 Å². The molecule has 1 amide bonds. The van der Waals surface area contributed by atoms with Crippen LogP contribution in [0.1, 0.15) is 24.4 Å². The van der Waals surface area contributed by atoms with Gasteiger partial charge in [0.1, 0.15) is 12.1 Å². The quantitative estimate of drug-likeness (QED) is 0.708. The van der Waals surface area contributed by atoms with Gasteiger partial charge in [0.25, 0.3) is 0 Å². The number of aromatic nitrogens is 2. The van der Waals surface area contributed by atoms with Crippen LogP contribution in [-0.4, -0.2) is 41.0 Å². The lowest BCUT2D eigenvalue weighted by Gasteiger charge is -2.26. The summed E-state index contributed by atoms with van der Waals surface area (Å²) in [5.74, 6) is 0.404. The van der Waals surface area contributed by atoms with E-state index in [-0.39, 0.29) is 17.7 Å². The molecule has 3 aromatic rings. The van der Waals surface area contributed by atoms with E-state index in [1.807, 2.05) is 35.2 Å². The van der Waals surface area contributed by atoms with Gasteiger partial charge < -0.3 is 15.0 Å². The maximum absolute atomic E-state index is 14.0. The molecule has 1 unspecified atom stereocenters. The molecule has 0 radical (unpaired) electrons. The summed E-state index contributed by atoms with van der Waals surface area (Å²) >= 11 is 0. The predicted molar refractivity (Wildman–Crippen MR) is 105 cm³/mol. The van der Waals surface area contributed by atoms with Crippen molar-refractivity contribution in [3.8, 4) is 5.75 Å². The van der Waals surface area contributed by atoms with E-state index in [1.165, 1.54) is 19.5 Å². The Kier molecular flexibility index (Phi) is 5.06. The Labute approximate surface area is 162 Å². The second kappa shape index (κ2) is 7.80. The van der Waals surface area contributed by atoms with Crippen LogP contribution in [0.4, 0.5) is 10.2 Å². The third-order valence-corrected chi connectivity index (χ3v) is 5.00. The van der Waals surface area contributed by atoms with Crippen molar-refractivity contribution in [2.45, 2.75) is 18.9 Å². The average molecular weight is 380 g/mol. The van der Waals surface area contributed by atoms with Gasteiger partial charge in [-0.15, -0.1) is 0 Å². The molecule has 1 aliphatic heterocycles. The maximum atomic E-state index is 14.0. The van der Waals surface area contributed by atoms with Crippen molar-refractivity contribution in [2.24, 2.45) is 0 Å². The standard InChI is InChI=1S/C21H21FN4O2/c1-28-19-10-15-17(11-16(19)22)23-13-24-21(15)25-18(14-6-3-2-4-7-14)12-26-9-5-8-20(26)27/h2-4,6-7,10-11,13,18H,5,8-9,12H2,1H3,(H,23,24,25). The van der Waals surface area contributed by atoms with Gasteiger partial charge in [0.05, 0.1) is 18.7 Å². The molecule has 0 aliphatic carbocycles.